The van der Waals surface area contributed by atoms with Gasteiger partial charge in [0.25, 0.3) is 0 Å². The fraction of sp³-hybridized carbons (Fsp3) is 0.278. The molecule has 3 nitrogen and oxygen atoms in total. The van der Waals surface area contributed by atoms with Crippen LogP contribution in [0.4, 0.5) is 18.9 Å². The lowest BCUT2D eigenvalue weighted by molar-refractivity contribution is -0.138. The van der Waals surface area contributed by atoms with Crippen molar-refractivity contribution < 1.29 is 22.7 Å². The van der Waals surface area contributed by atoms with Crippen LogP contribution < -0.4 is 9.64 Å². The van der Waals surface area contributed by atoms with Crippen molar-refractivity contribution >= 4 is 23.2 Å². The van der Waals surface area contributed by atoms with Gasteiger partial charge in [0, 0.05) is 17.3 Å². The summed E-state index contributed by atoms with van der Waals surface area (Å²) in [4.78, 5) is 14.0. The molecule has 1 aliphatic rings. The van der Waals surface area contributed by atoms with Gasteiger partial charge in [0.15, 0.2) is 0 Å². The Morgan fingerprint density at radius 3 is 2.52 bits per heavy atom. The molecule has 1 heterocycles. The topological polar surface area (TPSA) is 29.5 Å². The van der Waals surface area contributed by atoms with Gasteiger partial charge in [-0.2, -0.15) is 13.2 Å². The van der Waals surface area contributed by atoms with Gasteiger partial charge in [0.1, 0.15) is 5.75 Å². The van der Waals surface area contributed by atoms with Gasteiger partial charge in [0.2, 0.25) is 5.91 Å². The number of carbonyl (C=O) groups excluding carboxylic acids is 1. The van der Waals surface area contributed by atoms with Crippen molar-refractivity contribution in [2.45, 2.75) is 19.0 Å². The van der Waals surface area contributed by atoms with E-state index in [-0.39, 0.29) is 18.1 Å². The number of rotatable bonds is 3. The van der Waals surface area contributed by atoms with Crippen LogP contribution in [0.25, 0.3) is 0 Å². The quantitative estimate of drug-likeness (QED) is 0.797. The molecule has 2 aromatic carbocycles. The van der Waals surface area contributed by atoms with Gasteiger partial charge < -0.3 is 9.64 Å². The summed E-state index contributed by atoms with van der Waals surface area (Å²) in [5, 5.41) is 0.560. The number of hydrogen-bond donors (Lipinski definition) is 0. The second-order valence-electron chi connectivity index (χ2n) is 5.78. The third-order valence-corrected chi connectivity index (χ3v) is 4.42. The highest BCUT2D eigenvalue weighted by atomic mass is 35.5. The molecule has 0 aromatic heterocycles. The molecule has 2 aromatic rings. The predicted molar refractivity (Wildman–Crippen MR) is 89.2 cm³/mol. The predicted octanol–water partition coefficient (Wildman–Crippen LogP) is 4.50. The molecule has 0 radical (unpaired) electrons. The molecule has 1 aliphatic heterocycles. The van der Waals surface area contributed by atoms with Crippen molar-refractivity contribution in [3.63, 3.8) is 0 Å². The van der Waals surface area contributed by atoms with Crippen LogP contribution in [0.3, 0.4) is 0 Å². The maximum Gasteiger partial charge on any atom is 0.420 e. The minimum atomic E-state index is -4.55. The van der Waals surface area contributed by atoms with E-state index >= 15 is 0 Å². The first-order valence-corrected chi connectivity index (χ1v) is 8.00. The smallest absolute Gasteiger partial charge is 0.420 e. The Labute approximate surface area is 148 Å². The third-order valence-electron chi connectivity index (χ3n) is 4.17. The van der Waals surface area contributed by atoms with Crippen molar-refractivity contribution in [3.8, 4) is 5.75 Å². The van der Waals surface area contributed by atoms with Crippen LogP contribution in [0.1, 0.15) is 16.7 Å². The second kappa shape index (κ2) is 6.59. The monoisotopic (exact) mass is 369 g/mol. The molecular weight excluding hydrogens is 355 g/mol. The molecule has 0 atom stereocenters. The lowest BCUT2D eigenvalue weighted by atomic mass is 10.1. The number of halogens is 4. The molecule has 3 rings (SSSR count). The number of hydrogen-bond acceptors (Lipinski definition) is 2. The van der Waals surface area contributed by atoms with Crippen LogP contribution in [0.2, 0.25) is 5.02 Å². The molecule has 0 saturated heterocycles. The molecule has 0 bridgehead atoms. The molecule has 0 N–H and O–H groups in total. The fourth-order valence-corrected chi connectivity index (χ4v) is 3.06. The number of ether oxygens (including phenoxy) is 1. The van der Waals surface area contributed by atoms with Crippen molar-refractivity contribution in [3.05, 3.63) is 58.1 Å². The summed E-state index contributed by atoms with van der Waals surface area (Å²) in [6, 6.07) is 9.18. The largest absolute Gasteiger partial charge is 0.496 e. The van der Waals surface area contributed by atoms with E-state index in [1.54, 1.807) is 24.3 Å². The van der Waals surface area contributed by atoms with Crippen LogP contribution in [0.5, 0.6) is 5.75 Å². The molecule has 0 aliphatic carbocycles. The number of carbonyl (C=O) groups is 1. The van der Waals surface area contributed by atoms with E-state index in [0.29, 0.717) is 29.2 Å². The fourth-order valence-electron chi connectivity index (χ4n) is 2.94. The summed E-state index contributed by atoms with van der Waals surface area (Å²) in [6.45, 7) is 0.353. The van der Waals surface area contributed by atoms with E-state index < -0.39 is 11.7 Å². The van der Waals surface area contributed by atoms with Crippen molar-refractivity contribution in [2.24, 2.45) is 0 Å². The summed E-state index contributed by atoms with van der Waals surface area (Å²) in [5.41, 5.74) is 0.855. The summed E-state index contributed by atoms with van der Waals surface area (Å²) < 4.78 is 44.5. The Morgan fingerprint density at radius 2 is 1.92 bits per heavy atom. The molecule has 25 heavy (non-hydrogen) atoms. The van der Waals surface area contributed by atoms with E-state index in [9.17, 15) is 18.0 Å². The zero-order chi connectivity index (χ0) is 18.2. The van der Waals surface area contributed by atoms with Gasteiger partial charge in [-0.25, -0.2) is 0 Å². The summed E-state index contributed by atoms with van der Waals surface area (Å²) in [5.74, 6) is -0.474. The van der Waals surface area contributed by atoms with Crippen molar-refractivity contribution in [1.82, 2.24) is 0 Å². The van der Waals surface area contributed by atoms with Crippen LogP contribution in [0.15, 0.2) is 36.4 Å². The Balaban J connectivity index is 1.90. The van der Waals surface area contributed by atoms with Gasteiger partial charge in [-0.05, 0) is 41.8 Å². The molecule has 7 heteroatoms. The Kier molecular flexibility index (Phi) is 4.64. The number of benzene rings is 2. The number of amides is 1. The number of alkyl halides is 3. The third kappa shape index (κ3) is 3.58. The van der Waals surface area contributed by atoms with E-state index in [1.165, 1.54) is 18.1 Å². The molecule has 0 spiro atoms. The molecular formula is C18H15ClF3NO2. The average molecular weight is 370 g/mol. The van der Waals surface area contributed by atoms with Gasteiger partial charge in [0.05, 0.1) is 19.1 Å². The normalized spacial score (nSPS) is 13.7. The van der Waals surface area contributed by atoms with Gasteiger partial charge in [-0.1, -0.05) is 23.7 Å². The Bertz CT molecular complexity index is 803. The first-order chi connectivity index (χ1) is 11.8. The number of methoxy groups -OCH3 is 1. The first kappa shape index (κ1) is 17.6. The standard InChI is InChI=1S/C18H15ClF3NO2/c1-25-16-9-12-6-7-23(15(12)10-14(16)18(20,21)22)17(24)8-11-2-4-13(19)5-3-11/h2-5,9-10H,6-8H2,1H3. The highest BCUT2D eigenvalue weighted by molar-refractivity contribution is 6.30. The average Bonchev–Trinajstić information content (AvgIpc) is 2.98. The number of anilines is 1. The van der Waals surface area contributed by atoms with E-state index in [2.05, 4.69) is 0 Å². The lowest BCUT2D eigenvalue weighted by Crippen LogP contribution is -2.30. The van der Waals surface area contributed by atoms with E-state index in [0.717, 1.165) is 11.6 Å². The molecule has 0 saturated carbocycles. The summed E-state index contributed by atoms with van der Waals surface area (Å²) in [7, 11) is 1.20. The Hall–Kier alpha value is -2.21. The van der Waals surface area contributed by atoms with Gasteiger partial charge in [-0.15, -0.1) is 0 Å². The second-order valence-corrected chi connectivity index (χ2v) is 6.21. The highest BCUT2D eigenvalue weighted by Crippen LogP contribution is 2.42. The van der Waals surface area contributed by atoms with E-state index in [1.807, 2.05) is 0 Å². The Morgan fingerprint density at radius 1 is 1.24 bits per heavy atom. The van der Waals surface area contributed by atoms with Crippen molar-refractivity contribution in [2.75, 3.05) is 18.6 Å². The molecule has 0 fully saturated rings. The highest BCUT2D eigenvalue weighted by Gasteiger charge is 2.37. The van der Waals surface area contributed by atoms with Crippen LogP contribution >= 0.6 is 11.6 Å². The maximum absolute atomic E-state index is 13.2. The minimum absolute atomic E-state index is 0.101. The van der Waals surface area contributed by atoms with E-state index in [4.69, 9.17) is 16.3 Å². The summed E-state index contributed by atoms with van der Waals surface area (Å²) in [6.07, 6.45) is -3.95. The molecule has 132 valence electrons. The number of nitrogens with zero attached hydrogens (tertiary/aromatic N) is 1. The summed E-state index contributed by atoms with van der Waals surface area (Å²) >= 11 is 5.82. The number of fused-ring (bicyclic) bond motifs is 1. The van der Waals surface area contributed by atoms with Gasteiger partial charge in [-0.3, -0.25) is 4.79 Å². The zero-order valence-corrected chi connectivity index (χ0v) is 14.1. The van der Waals surface area contributed by atoms with Crippen LogP contribution in [-0.4, -0.2) is 19.6 Å². The van der Waals surface area contributed by atoms with Crippen molar-refractivity contribution in [1.29, 1.82) is 0 Å². The van der Waals surface area contributed by atoms with Crippen LogP contribution in [0, 0.1) is 0 Å². The first-order valence-electron chi connectivity index (χ1n) is 7.62. The minimum Gasteiger partial charge on any atom is -0.496 e. The zero-order valence-electron chi connectivity index (χ0n) is 13.4. The molecule has 0 unspecified atom stereocenters. The molecule has 1 amide bonds. The maximum atomic E-state index is 13.2. The lowest BCUT2D eigenvalue weighted by Gasteiger charge is -2.20. The SMILES string of the molecule is COc1cc2c(cc1C(F)(F)F)N(C(=O)Cc1ccc(Cl)cc1)CC2. The van der Waals surface area contributed by atoms with Gasteiger partial charge >= 0.3 is 6.18 Å². The van der Waals surface area contributed by atoms with Crippen LogP contribution in [-0.2, 0) is 23.8 Å².